The van der Waals surface area contributed by atoms with Crippen LogP contribution in [0.5, 0.6) is 0 Å². The third-order valence-electron chi connectivity index (χ3n) is 2.59. The number of halogens is 1. The normalized spacial score (nSPS) is 10.4. The molecule has 0 spiro atoms. The lowest BCUT2D eigenvalue weighted by Gasteiger charge is -2.07. The van der Waals surface area contributed by atoms with E-state index in [9.17, 15) is 4.79 Å². The molecule has 100 valence electrons. The van der Waals surface area contributed by atoms with E-state index in [2.05, 4.69) is 33.5 Å². The van der Waals surface area contributed by atoms with Crippen molar-refractivity contribution in [1.29, 1.82) is 0 Å². The Bertz CT molecular complexity index is 568. The van der Waals surface area contributed by atoms with Crippen molar-refractivity contribution in [3.63, 3.8) is 0 Å². The third kappa shape index (κ3) is 4.16. The summed E-state index contributed by atoms with van der Waals surface area (Å²) in [7, 11) is 0. The minimum absolute atomic E-state index is 0.0810. The molecule has 1 aromatic heterocycles. The van der Waals surface area contributed by atoms with Crippen molar-refractivity contribution in [1.82, 2.24) is 5.32 Å². The van der Waals surface area contributed by atoms with Crippen molar-refractivity contribution in [2.24, 2.45) is 0 Å². The monoisotopic (exact) mass is 338 g/mol. The van der Waals surface area contributed by atoms with Gasteiger partial charge in [-0.05, 0) is 46.2 Å². The Morgan fingerprint density at radius 2 is 2.21 bits per heavy atom. The van der Waals surface area contributed by atoms with E-state index >= 15 is 0 Å². The number of hydrogen-bond acceptors (Lipinski definition) is 3. The molecule has 0 unspecified atom stereocenters. The van der Waals surface area contributed by atoms with Crippen LogP contribution in [0.2, 0.25) is 0 Å². The van der Waals surface area contributed by atoms with Crippen LogP contribution in [0.4, 0.5) is 5.69 Å². The number of thiophene rings is 1. The number of amides is 1. The van der Waals surface area contributed by atoms with Crippen molar-refractivity contribution < 1.29 is 4.79 Å². The van der Waals surface area contributed by atoms with Crippen molar-refractivity contribution in [2.75, 3.05) is 11.9 Å². The minimum Gasteiger partial charge on any atom is -0.322 e. The van der Waals surface area contributed by atoms with Gasteiger partial charge in [0.25, 0.3) is 5.91 Å². The van der Waals surface area contributed by atoms with E-state index in [1.165, 1.54) is 11.3 Å². The van der Waals surface area contributed by atoms with Crippen LogP contribution in [0.3, 0.4) is 0 Å². The molecule has 1 amide bonds. The molecular weight excluding hydrogens is 324 g/mol. The summed E-state index contributed by atoms with van der Waals surface area (Å²) in [5.74, 6) is -0.0810. The lowest BCUT2D eigenvalue weighted by molar-refractivity contribution is 0.102. The zero-order valence-corrected chi connectivity index (χ0v) is 13.0. The van der Waals surface area contributed by atoms with Gasteiger partial charge in [-0.2, -0.15) is 0 Å². The topological polar surface area (TPSA) is 41.1 Å². The van der Waals surface area contributed by atoms with Gasteiger partial charge >= 0.3 is 0 Å². The quantitative estimate of drug-likeness (QED) is 0.868. The smallest absolute Gasteiger partial charge is 0.256 e. The maximum atomic E-state index is 12.0. The Morgan fingerprint density at radius 1 is 1.37 bits per heavy atom. The summed E-state index contributed by atoms with van der Waals surface area (Å²) in [4.78, 5) is 12.0. The highest BCUT2D eigenvalue weighted by Gasteiger charge is 2.08. The average molecular weight is 339 g/mol. The average Bonchev–Trinajstić information content (AvgIpc) is 2.83. The molecule has 0 saturated carbocycles. The maximum Gasteiger partial charge on any atom is 0.256 e. The number of carbonyl (C=O) groups excluding carboxylic acids is 1. The predicted octanol–water partition coefficient (Wildman–Crippen LogP) is 3.87. The summed E-state index contributed by atoms with van der Waals surface area (Å²) in [6.45, 7) is 3.81. The molecule has 5 heteroatoms. The van der Waals surface area contributed by atoms with Gasteiger partial charge in [0.05, 0.1) is 9.35 Å². The molecule has 1 heterocycles. The molecular formula is C14H15BrN2OS. The van der Waals surface area contributed by atoms with Gasteiger partial charge in [-0.1, -0.05) is 19.1 Å². The summed E-state index contributed by atoms with van der Waals surface area (Å²) in [5, 5.41) is 8.01. The second-order valence-corrected chi connectivity index (χ2v) is 6.36. The van der Waals surface area contributed by atoms with Gasteiger partial charge in [0.15, 0.2) is 0 Å². The summed E-state index contributed by atoms with van der Waals surface area (Å²) in [6, 6.07) is 9.70. The van der Waals surface area contributed by atoms with Crippen molar-refractivity contribution in [2.45, 2.75) is 13.5 Å². The van der Waals surface area contributed by atoms with Crippen LogP contribution < -0.4 is 10.6 Å². The Labute approximate surface area is 125 Å². The van der Waals surface area contributed by atoms with Crippen LogP contribution in [0.25, 0.3) is 0 Å². The number of hydrogen-bond donors (Lipinski definition) is 2. The molecule has 0 saturated heterocycles. The van der Waals surface area contributed by atoms with Crippen molar-refractivity contribution in [3.05, 3.63) is 50.6 Å². The molecule has 0 aliphatic carbocycles. The van der Waals surface area contributed by atoms with Gasteiger partial charge in [0, 0.05) is 17.6 Å². The standard InChI is InChI=1S/C14H15BrN2OS/c1-2-16-8-10-4-3-5-12(6-10)17-14(18)11-7-13(15)19-9-11/h3-7,9,16H,2,8H2,1H3,(H,17,18). The molecule has 19 heavy (non-hydrogen) atoms. The fourth-order valence-electron chi connectivity index (χ4n) is 1.66. The first-order valence-corrected chi connectivity index (χ1v) is 7.71. The number of carbonyl (C=O) groups is 1. The second kappa shape index (κ2) is 6.84. The van der Waals surface area contributed by atoms with Gasteiger partial charge in [0.1, 0.15) is 0 Å². The van der Waals surface area contributed by atoms with Gasteiger partial charge in [0.2, 0.25) is 0 Å². The SMILES string of the molecule is CCNCc1cccc(NC(=O)c2csc(Br)c2)c1. The maximum absolute atomic E-state index is 12.0. The largest absolute Gasteiger partial charge is 0.322 e. The first kappa shape index (κ1) is 14.2. The number of benzene rings is 1. The molecule has 0 aliphatic rings. The van der Waals surface area contributed by atoms with E-state index in [1.54, 1.807) is 0 Å². The summed E-state index contributed by atoms with van der Waals surface area (Å²) >= 11 is 4.86. The number of rotatable bonds is 5. The molecule has 2 rings (SSSR count). The molecule has 2 N–H and O–H groups in total. The number of anilines is 1. The first-order valence-electron chi connectivity index (χ1n) is 6.04. The Balaban J connectivity index is 2.04. The second-order valence-electron chi connectivity index (χ2n) is 4.07. The van der Waals surface area contributed by atoms with Crippen LogP contribution in [-0.4, -0.2) is 12.5 Å². The van der Waals surface area contributed by atoms with Crippen molar-refractivity contribution in [3.8, 4) is 0 Å². The summed E-state index contributed by atoms with van der Waals surface area (Å²) in [5.41, 5.74) is 2.66. The van der Waals surface area contributed by atoms with Crippen LogP contribution in [0.1, 0.15) is 22.8 Å². The van der Waals surface area contributed by atoms with Gasteiger partial charge in [-0.15, -0.1) is 11.3 Å². The highest BCUT2D eigenvalue weighted by Crippen LogP contribution is 2.21. The van der Waals surface area contributed by atoms with E-state index in [4.69, 9.17) is 0 Å². The van der Waals surface area contributed by atoms with E-state index in [0.29, 0.717) is 5.56 Å². The predicted molar refractivity (Wildman–Crippen MR) is 83.8 cm³/mol. The molecule has 3 nitrogen and oxygen atoms in total. The zero-order chi connectivity index (χ0) is 13.7. The third-order valence-corrected chi connectivity index (χ3v) is 4.10. The molecule has 0 fully saturated rings. The molecule has 2 aromatic rings. The van der Waals surface area contributed by atoms with Crippen LogP contribution in [-0.2, 0) is 6.54 Å². The van der Waals surface area contributed by atoms with E-state index in [0.717, 1.165) is 28.1 Å². The summed E-state index contributed by atoms with van der Waals surface area (Å²) < 4.78 is 0.957. The zero-order valence-electron chi connectivity index (χ0n) is 10.6. The molecule has 0 atom stereocenters. The minimum atomic E-state index is -0.0810. The highest BCUT2D eigenvalue weighted by molar-refractivity contribution is 9.11. The Hall–Kier alpha value is -1.17. The van der Waals surface area contributed by atoms with Crippen molar-refractivity contribution >= 4 is 38.9 Å². The highest BCUT2D eigenvalue weighted by atomic mass is 79.9. The first-order chi connectivity index (χ1) is 9.19. The number of nitrogens with one attached hydrogen (secondary N) is 2. The van der Waals surface area contributed by atoms with Crippen LogP contribution in [0.15, 0.2) is 39.5 Å². The summed E-state index contributed by atoms with van der Waals surface area (Å²) in [6.07, 6.45) is 0. The lowest BCUT2D eigenvalue weighted by Crippen LogP contribution is -2.13. The Morgan fingerprint density at radius 3 is 2.89 bits per heavy atom. The molecule has 0 bridgehead atoms. The van der Waals surface area contributed by atoms with Gasteiger partial charge < -0.3 is 10.6 Å². The molecule has 0 radical (unpaired) electrons. The fraction of sp³-hybridized carbons (Fsp3) is 0.214. The molecule has 1 aromatic carbocycles. The molecule has 0 aliphatic heterocycles. The van der Waals surface area contributed by atoms with Gasteiger partial charge in [-0.3, -0.25) is 4.79 Å². The van der Waals surface area contributed by atoms with Crippen LogP contribution >= 0.6 is 27.3 Å². The van der Waals surface area contributed by atoms with E-state index in [1.807, 2.05) is 35.7 Å². The van der Waals surface area contributed by atoms with Crippen LogP contribution in [0, 0.1) is 0 Å². The lowest BCUT2D eigenvalue weighted by atomic mass is 10.2. The van der Waals surface area contributed by atoms with Gasteiger partial charge in [-0.25, -0.2) is 0 Å². The Kier molecular flexibility index (Phi) is 5.13. The van der Waals surface area contributed by atoms with E-state index < -0.39 is 0 Å². The fourth-order valence-corrected chi connectivity index (χ4v) is 2.80. The van der Waals surface area contributed by atoms with E-state index in [-0.39, 0.29) is 5.91 Å².